The molecule has 0 aromatic carbocycles. The Balaban J connectivity index is 0.000000640. The van der Waals surface area contributed by atoms with Crippen molar-refractivity contribution in [3.05, 3.63) is 30.0 Å². The third-order valence-electron chi connectivity index (χ3n) is 0.727. The van der Waals surface area contributed by atoms with Crippen molar-refractivity contribution >= 4 is 5.84 Å². The maximum absolute atomic E-state index is 5.27. The predicted octanol–water partition coefficient (Wildman–Crippen LogP) is 0.713. The van der Waals surface area contributed by atoms with Crippen molar-refractivity contribution in [3.63, 3.8) is 0 Å². The molecule has 0 saturated carbocycles. The van der Waals surface area contributed by atoms with Gasteiger partial charge in [0.05, 0.1) is 0 Å². The van der Waals surface area contributed by atoms with Gasteiger partial charge in [0.15, 0.2) is 0 Å². The summed E-state index contributed by atoms with van der Waals surface area (Å²) >= 11 is 0. The molecule has 0 saturated heterocycles. The van der Waals surface area contributed by atoms with E-state index in [9.17, 15) is 0 Å². The second-order valence-electron chi connectivity index (χ2n) is 1.40. The molecule has 4 heteroatoms. The van der Waals surface area contributed by atoms with E-state index in [0.29, 0.717) is 11.7 Å². The van der Waals surface area contributed by atoms with E-state index in [2.05, 4.69) is 16.9 Å². The van der Waals surface area contributed by atoms with E-state index in [0.717, 1.165) is 0 Å². The van der Waals surface area contributed by atoms with Crippen LogP contribution in [0.4, 0.5) is 0 Å². The molecule has 0 atom stereocenters. The maximum atomic E-state index is 5.27. The summed E-state index contributed by atoms with van der Waals surface area (Å²) in [5, 5.41) is 3.74. The van der Waals surface area contributed by atoms with Crippen LogP contribution in [0, 0.1) is 0 Å². The summed E-state index contributed by atoms with van der Waals surface area (Å²) in [7, 11) is 0. The monoisotopic (exact) mass is 197 g/mol. The van der Waals surface area contributed by atoms with Gasteiger partial charge < -0.3 is 16.0 Å². The van der Waals surface area contributed by atoms with Crippen LogP contribution in [0.5, 0.6) is 0 Å². The molecule has 0 aliphatic carbocycles. The summed E-state index contributed by atoms with van der Waals surface area (Å²) in [5.74, 6) is 0.926. The predicted molar refractivity (Wildman–Crippen MR) is 33.3 cm³/mol. The molecule has 0 aromatic rings. The van der Waals surface area contributed by atoms with Gasteiger partial charge in [-0.15, -0.1) is 6.58 Å². The Hall–Kier alpha value is -0.146. The van der Waals surface area contributed by atoms with Crippen molar-refractivity contribution in [2.45, 2.75) is 0 Å². The third-order valence-corrected chi connectivity index (χ3v) is 0.727. The van der Waals surface area contributed by atoms with E-state index in [1.807, 2.05) is 0 Å². The number of amidine groups is 1. The van der Waals surface area contributed by atoms with Crippen LogP contribution in [0.15, 0.2) is 29.7 Å². The Morgan fingerprint density at radius 2 is 2.33 bits per heavy atom. The molecule has 1 rings (SSSR count). The summed E-state index contributed by atoms with van der Waals surface area (Å²) in [6.07, 6.45) is 3.19. The van der Waals surface area contributed by atoms with Gasteiger partial charge in [-0.1, -0.05) is 12.0 Å². The second-order valence-corrected chi connectivity index (χ2v) is 1.40. The molecule has 0 fully saturated rings. The second kappa shape index (κ2) is 3.80. The van der Waals surface area contributed by atoms with Crippen molar-refractivity contribution in [1.29, 1.82) is 0 Å². The van der Waals surface area contributed by atoms with E-state index < -0.39 is 0 Å². The molecule has 0 aromatic heterocycles. The quantitative estimate of drug-likeness (QED) is 0.610. The van der Waals surface area contributed by atoms with Gasteiger partial charge in [-0.25, -0.2) is 0 Å². The van der Waals surface area contributed by atoms with Crippen LogP contribution in [-0.2, 0) is 32.7 Å². The molecule has 0 amide bonds. The zero-order valence-electron chi connectivity index (χ0n) is 4.91. The van der Waals surface area contributed by atoms with Crippen LogP contribution in [0.3, 0.4) is 0 Å². The number of nitrogens with zero attached hydrogens (tertiary/aromatic N) is 2. The maximum Gasteiger partial charge on any atom is 0.0177 e. The Labute approximate surface area is 79.0 Å². The van der Waals surface area contributed by atoms with Crippen LogP contribution in [0.2, 0.25) is 0 Å². The molecular weight excluding hydrogens is 191 g/mol. The van der Waals surface area contributed by atoms with Gasteiger partial charge in [0.1, 0.15) is 0 Å². The molecule has 2 N–H and O–H groups in total. The minimum atomic E-state index is 0. The normalized spacial score (nSPS) is 15.6. The minimum Gasteiger partial charge on any atom is -0.443 e. The third kappa shape index (κ3) is 2.77. The van der Waals surface area contributed by atoms with Crippen molar-refractivity contribution in [2.75, 3.05) is 0 Å². The zero-order valence-corrected chi connectivity index (χ0v) is 7.75. The van der Waals surface area contributed by atoms with Crippen LogP contribution < -0.4 is 5.73 Å². The number of hydrogen-bond donors (Lipinski definition) is 1. The molecule has 0 bridgehead atoms. The summed E-state index contributed by atoms with van der Waals surface area (Å²) < 4.78 is 0. The number of aliphatic imine (C=N–C) groups is 1. The zero-order chi connectivity index (χ0) is 5.98. The van der Waals surface area contributed by atoms with Crippen LogP contribution in [0.25, 0.3) is 5.32 Å². The Kier molecular flexibility index (Phi) is 3.74. The van der Waals surface area contributed by atoms with E-state index in [-0.39, 0.29) is 32.7 Å². The van der Waals surface area contributed by atoms with E-state index in [1.165, 1.54) is 0 Å². The van der Waals surface area contributed by atoms with Crippen LogP contribution in [0.1, 0.15) is 0 Å². The largest absolute Gasteiger partial charge is 0.443 e. The fraction of sp³-hybridized carbons (Fsp3) is 0. The molecule has 0 spiro atoms. The summed E-state index contributed by atoms with van der Waals surface area (Å²) in [6.45, 7) is 3.48. The van der Waals surface area contributed by atoms with Crippen LogP contribution >= 0.6 is 0 Å². The SMILES string of the molecule is C=C1N=C(N)C=C[N-]1.[Y]. The van der Waals surface area contributed by atoms with Gasteiger partial charge in [-0.2, -0.15) is 0 Å². The molecule has 45 valence electrons. The van der Waals surface area contributed by atoms with E-state index >= 15 is 0 Å². The molecule has 0 unspecified atom stereocenters. The van der Waals surface area contributed by atoms with E-state index in [1.54, 1.807) is 12.3 Å². The molecule has 3 nitrogen and oxygen atoms in total. The fourth-order valence-corrected chi connectivity index (χ4v) is 0.415. The van der Waals surface area contributed by atoms with Gasteiger partial charge >= 0.3 is 0 Å². The van der Waals surface area contributed by atoms with Gasteiger partial charge in [-0.05, 0) is 6.08 Å². The Bertz CT molecular complexity index is 171. The Morgan fingerprint density at radius 1 is 1.67 bits per heavy atom. The van der Waals surface area contributed by atoms with Gasteiger partial charge in [0, 0.05) is 38.5 Å². The van der Waals surface area contributed by atoms with Crippen molar-refractivity contribution in [1.82, 2.24) is 0 Å². The minimum absolute atomic E-state index is 0. The molecule has 1 aliphatic rings. The molecular formula is C5H6N3Y-. The van der Waals surface area contributed by atoms with Gasteiger partial charge in [0.25, 0.3) is 0 Å². The first-order chi connectivity index (χ1) is 3.79. The molecule has 1 radical (unpaired) electrons. The first kappa shape index (κ1) is 8.85. The van der Waals surface area contributed by atoms with Gasteiger partial charge in [-0.3, -0.25) is 0 Å². The number of nitrogens with two attached hydrogens (primary N) is 1. The average Bonchev–Trinajstić information content (AvgIpc) is 1.64. The fourth-order valence-electron chi connectivity index (χ4n) is 0.415. The summed E-state index contributed by atoms with van der Waals surface area (Å²) in [4.78, 5) is 3.73. The molecule has 1 aliphatic heterocycles. The smallest absolute Gasteiger partial charge is 0.0177 e. The van der Waals surface area contributed by atoms with Gasteiger partial charge in [0.2, 0.25) is 0 Å². The first-order valence-corrected chi connectivity index (χ1v) is 2.19. The topological polar surface area (TPSA) is 52.5 Å². The molecule has 9 heavy (non-hydrogen) atoms. The first-order valence-electron chi connectivity index (χ1n) is 2.19. The van der Waals surface area contributed by atoms with Crippen LogP contribution in [-0.4, -0.2) is 5.84 Å². The summed E-state index contributed by atoms with van der Waals surface area (Å²) in [5.41, 5.74) is 5.27. The van der Waals surface area contributed by atoms with Crippen molar-refractivity contribution in [3.8, 4) is 0 Å². The number of rotatable bonds is 0. The Morgan fingerprint density at radius 3 is 2.67 bits per heavy atom. The van der Waals surface area contributed by atoms with Crippen molar-refractivity contribution < 1.29 is 32.7 Å². The van der Waals surface area contributed by atoms with Crippen molar-refractivity contribution in [2.24, 2.45) is 10.7 Å². The molecule has 1 heterocycles. The van der Waals surface area contributed by atoms with E-state index in [4.69, 9.17) is 5.73 Å². The summed E-state index contributed by atoms with van der Waals surface area (Å²) in [6, 6.07) is 0. The number of hydrogen-bond acceptors (Lipinski definition) is 2. The standard InChI is InChI=1S/C5H6N3.Y/c1-4-7-3-2-5(6)8-4;/h2-3H,1H2,(H2,6,8);/q-1;. The average molecular weight is 197 g/mol.